The van der Waals surface area contributed by atoms with Crippen molar-refractivity contribution in [3.8, 4) is 0 Å². The van der Waals surface area contributed by atoms with Gasteiger partial charge < -0.3 is 19.9 Å². The van der Waals surface area contributed by atoms with Crippen LogP contribution in [0, 0.1) is 0 Å². The summed E-state index contributed by atoms with van der Waals surface area (Å²) in [6.07, 6.45) is 7.60. The van der Waals surface area contributed by atoms with E-state index in [1.807, 2.05) is 41.4 Å². The van der Waals surface area contributed by atoms with Gasteiger partial charge in [0.05, 0.1) is 19.3 Å². The Kier molecular flexibility index (Phi) is 6.42. The molecule has 0 saturated carbocycles. The van der Waals surface area contributed by atoms with Gasteiger partial charge in [0.2, 0.25) is 0 Å². The Bertz CT molecular complexity index is 626. The summed E-state index contributed by atoms with van der Waals surface area (Å²) in [5, 5.41) is 5.89. The number of urea groups is 1. The van der Waals surface area contributed by atoms with E-state index in [-0.39, 0.29) is 12.1 Å². The molecule has 0 aliphatic carbocycles. The van der Waals surface area contributed by atoms with E-state index in [1.54, 1.807) is 6.20 Å². The predicted molar refractivity (Wildman–Crippen MR) is 95.2 cm³/mol. The van der Waals surface area contributed by atoms with Gasteiger partial charge in [-0.15, -0.1) is 0 Å². The topological polar surface area (TPSA) is 71.4 Å². The molecule has 25 heavy (non-hydrogen) atoms. The molecule has 0 radical (unpaired) electrons. The third-order valence-corrected chi connectivity index (χ3v) is 4.33. The Balaban J connectivity index is 1.50. The maximum absolute atomic E-state index is 12.1. The summed E-state index contributed by atoms with van der Waals surface area (Å²) in [5.41, 5.74) is 1.11. The first-order chi connectivity index (χ1) is 12.3. The molecule has 1 fully saturated rings. The first-order valence-electron chi connectivity index (χ1n) is 8.67. The molecule has 7 nitrogen and oxygen atoms in total. The van der Waals surface area contributed by atoms with Gasteiger partial charge in [-0.2, -0.15) is 0 Å². The molecule has 3 heterocycles. The number of carbonyl (C=O) groups is 1. The smallest absolute Gasteiger partial charge is 0.314 e. The van der Waals surface area contributed by atoms with E-state index in [4.69, 9.17) is 4.74 Å². The van der Waals surface area contributed by atoms with Gasteiger partial charge in [0, 0.05) is 57.5 Å². The number of hydrogen-bond acceptors (Lipinski definition) is 4. The second-order valence-corrected chi connectivity index (χ2v) is 6.01. The van der Waals surface area contributed by atoms with E-state index in [9.17, 15) is 4.79 Å². The largest absolute Gasteiger partial charge is 0.379 e. The quantitative estimate of drug-likeness (QED) is 0.794. The minimum atomic E-state index is -0.144. The number of pyridine rings is 1. The molecule has 2 aromatic heterocycles. The molecule has 1 atom stereocenters. The standard InChI is InChI=1S/C18H25N5O2/c24-18(20-6-9-22-7-1-2-8-22)21-15-17(16-4-3-5-19-14-16)23-10-12-25-13-11-23/h1-5,7-8,14,17H,6,9-13,15H2,(H2,20,21,24). The SMILES string of the molecule is O=C(NCCn1cccc1)NCC(c1cccnc1)N1CCOCC1. The van der Waals surface area contributed by atoms with E-state index in [2.05, 4.69) is 26.6 Å². The van der Waals surface area contributed by atoms with Gasteiger partial charge in [-0.05, 0) is 23.8 Å². The zero-order chi connectivity index (χ0) is 17.3. The van der Waals surface area contributed by atoms with Crippen LogP contribution in [-0.2, 0) is 11.3 Å². The monoisotopic (exact) mass is 343 g/mol. The van der Waals surface area contributed by atoms with Crippen LogP contribution in [0.1, 0.15) is 11.6 Å². The molecule has 134 valence electrons. The molecule has 7 heteroatoms. The van der Waals surface area contributed by atoms with Crippen LogP contribution in [0.25, 0.3) is 0 Å². The fourth-order valence-electron chi connectivity index (χ4n) is 2.99. The molecule has 0 spiro atoms. The third-order valence-electron chi connectivity index (χ3n) is 4.33. The van der Waals surface area contributed by atoms with Gasteiger partial charge in [-0.25, -0.2) is 4.79 Å². The lowest BCUT2D eigenvalue weighted by Gasteiger charge is -2.34. The fourth-order valence-corrected chi connectivity index (χ4v) is 2.99. The Morgan fingerprint density at radius 3 is 2.72 bits per heavy atom. The average Bonchev–Trinajstić information content (AvgIpc) is 3.17. The highest BCUT2D eigenvalue weighted by molar-refractivity contribution is 5.73. The summed E-state index contributed by atoms with van der Waals surface area (Å²) >= 11 is 0. The second-order valence-electron chi connectivity index (χ2n) is 6.01. The molecule has 1 saturated heterocycles. The lowest BCUT2D eigenvalue weighted by Crippen LogP contribution is -2.46. The van der Waals surface area contributed by atoms with Crippen molar-refractivity contribution in [1.82, 2.24) is 25.1 Å². The Hall–Kier alpha value is -2.38. The van der Waals surface area contributed by atoms with Gasteiger partial charge in [0.15, 0.2) is 0 Å². The summed E-state index contributed by atoms with van der Waals surface area (Å²) in [6.45, 7) is 5.05. The first-order valence-corrected chi connectivity index (χ1v) is 8.67. The van der Waals surface area contributed by atoms with Gasteiger partial charge in [0.25, 0.3) is 0 Å². The van der Waals surface area contributed by atoms with Crippen molar-refractivity contribution < 1.29 is 9.53 Å². The summed E-state index contributed by atoms with van der Waals surface area (Å²) in [5.74, 6) is 0. The highest BCUT2D eigenvalue weighted by Crippen LogP contribution is 2.20. The number of nitrogens with one attached hydrogen (secondary N) is 2. The van der Waals surface area contributed by atoms with Crippen molar-refractivity contribution >= 4 is 6.03 Å². The molecule has 3 rings (SSSR count). The van der Waals surface area contributed by atoms with Crippen LogP contribution < -0.4 is 10.6 Å². The normalized spacial score (nSPS) is 16.3. The van der Waals surface area contributed by atoms with Crippen LogP contribution in [0.3, 0.4) is 0 Å². The summed E-state index contributed by atoms with van der Waals surface area (Å²) in [6, 6.07) is 7.89. The molecular formula is C18H25N5O2. The van der Waals surface area contributed by atoms with Crippen molar-refractivity contribution in [1.29, 1.82) is 0 Å². The van der Waals surface area contributed by atoms with E-state index in [0.29, 0.717) is 13.1 Å². The second kappa shape index (κ2) is 9.19. The molecule has 2 amide bonds. The van der Waals surface area contributed by atoms with Gasteiger partial charge in [-0.1, -0.05) is 6.07 Å². The van der Waals surface area contributed by atoms with Crippen molar-refractivity contribution in [2.24, 2.45) is 0 Å². The Labute approximate surface area is 148 Å². The van der Waals surface area contributed by atoms with Crippen LogP contribution in [0.4, 0.5) is 4.79 Å². The first kappa shape index (κ1) is 17.4. The van der Waals surface area contributed by atoms with Gasteiger partial charge >= 0.3 is 6.03 Å². The number of carbonyl (C=O) groups excluding carboxylic acids is 1. The number of ether oxygens (including phenoxy) is 1. The van der Waals surface area contributed by atoms with E-state index in [1.165, 1.54) is 0 Å². The van der Waals surface area contributed by atoms with Gasteiger partial charge in [-0.3, -0.25) is 9.88 Å². The zero-order valence-corrected chi connectivity index (χ0v) is 14.3. The molecule has 0 aromatic carbocycles. The van der Waals surface area contributed by atoms with Crippen molar-refractivity contribution in [3.05, 3.63) is 54.6 Å². The lowest BCUT2D eigenvalue weighted by atomic mass is 10.1. The predicted octanol–water partition coefficient (Wildman–Crippen LogP) is 1.26. The summed E-state index contributed by atoms with van der Waals surface area (Å²) < 4.78 is 7.47. The van der Waals surface area contributed by atoms with Crippen LogP contribution >= 0.6 is 0 Å². The van der Waals surface area contributed by atoms with E-state index in [0.717, 1.165) is 38.4 Å². The van der Waals surface area contributed by atoms with Crippen LogP contribution in [0.5, 0.6) is 0 Å². The molecule has 0 bridgehead atoms. The molecule has 2 N–H and O–H groups in total. The molecule has 1 unspecified atom stereocenters. The van der Waals surface area contributed by atoms with E-state index < -0.39 is 0 Å². The average molecular weight is 343 g/mol. The number of hydrogen-bond donors (Lipinski definition) is 2. The van der Waals surface area contributed by atoms with E-state index >= 15 is 0 Å². The number of aromatic nitrogens is 2. The molecule has 2 aromatic rings. The Morgan fingerprint density at radius 1 is 1.20 bits per heavy atom. The summed E-state index contributed by atoms with van der Waals surface area (Å²) in [4.78, 5) is 18.7. The highest BCUT2D eigenvalue weighted by atomic mass is 16.5. The van der Waals surface area contributed by atoms with Crippen LogP contribution in [0.2, 0.25) is 0 Å². The maximum atomic E-state index is 12.1. The highest BCUT2D eigenvalue weighted by Gasteiger charge is 2.23. The van der Waals surface area contributed by atoms with Crippen molar-refractivity contribution in [2.75, 3.05) is 39.4 Å². The number of amides is 2. The minimum absolute atomic E-state index is 0.104. The zero-order valence-electron chi connectivity index (χ0n) is 14.3. The minimum Gasteiger partial charge on any atom is -0.379 e. The summed E-state index contributed by atoms with van der Waals surface area (Å²) in [7, 11) is 0. The molecule has 1 aliphatic heterocycles. The third kappa shape index (κ3) is 5.30. The fraction of sp³-hybridized carbons (Fsp3) is 0.444. The number of rotatable bonds is 7. The number of morpholine rings is 1. The van der Waals surface area contributed by atoms with Gasteiger partial charge in [0.1, 0.15) is 0 Å². The van der Waals surface area contributed by atoms with Crippen molar-refractivity contribution in [3.63, 3.8) is 0 Å². The van der Waals surface area contributed by atoms with Crippen LogP contribution in [0.15, 0.2) is 49.1 Å². The molecular weight excluding hydrogens is 318 g/mol. The Morgan fingerprint density at radius 2 is 2.00 bits per heavy atom. The lowest BCUT2D eigenvalue weighted by molar-refractivity contribution is 0.0166. The maximum Gasteiger partial charge on any atom is 0.314 e. The molecule has 1 aliphatic rings. The van der Waals surface area contributed by atoms with Crippen LogP contribution in [-0.4, -0.2) is 59.9 Å². The number of nitrogens with zero attached hydrogens (tertiary/aromatic N) is 3. The van der Waals surface area contributed by atoms with Crippen molar-refractivity contribution in [2.45, 2.75) is 12.6 Å².